The average Bonchev–Trinajstić information content (AvgIpc) is 3.23. The van der Waals surface area contributed by atoms with Gasteiger partial charge in [-0.3, -0.25) is 9.78 Å². The van der Waals surface area contributed by atoms with Crippen LogP contribution in [0.3, 0.4) is 0 Å². The number of nitrogens with zero attached hydrogens (tertiary/aromatic N) is 4. The average molecular weight is 495 g/mol. The Labute approximate surface area is 214 Å². The van der Waals surface area contributed by atoms with Crippen molar-refractivity contribution in [2.45, 2.75) is 6.92 Å². The summed E-state index contributed by atoms with van der Waals surface area (Å²) in [7, 11) is 5.13. The Bertz CT molecular complexity index is 1610. The summed E-state index contributed by atoms with van der Waals surface area (Å²) < 4.78 is 13.3. The molecule has 2 N–H and O–H groups in total. The number of hydrogen-bond acceptors (Lipinski definition) is 7. The van der Waals surface area contributed by atoms with E-state index >= 15 is 0 Å². The highest BCUT2D eigenvalue weighted by molar-refractivity contribution is 5.92. The van der Waals surface area contributed by atoms with E-state index in [9.17, 15) is 4.79 Å². The van der Waals surface area contributed by atoms with Crippen molar-refractivity contribution in [1.29, 1.82) is 0 Å². The van der Waals surface area contributed by atoms with E-state index in [1.807, 2.05) is 48.0 Å². The Morgan fingerprint density at radius 2 is 1.76 bits per heavy atom. The monoisotopic (exact) mass is 494 g/mol. The van der Waals surface area contributed by atoms with E-state index in [2.05, 4.69) is 39.7 Å². The SMILES string of the molecule is CNC(=O)c1cc(Oc2ccc3c(c2)nc(Nc2ccc(C)c(-c4ccnc(OC)c4)c2)n3C)ccn1. The van der Waals surface area contributed by atoms with Gasteiger partial charge in [-0.05, 0) is 60.0 Å². The zero-order chi connectivity index (χ0) is 25.9. The summed E-state index contributed by atoms with van der Waals surface area (Å²) in [5.41, 5.74) is 6.15. The molecule has 0 aliphatic rings. The molecule has 37 heavy (non-hydrogen) atoms. The number of pyridine rings is 2. The van der Waals surface area contributed by atoms with Gasteiger partial charge in [0.15, 0.2) is 0 Å². The van der Waals surface area contributed by atoms with Crippen LogP contribution in [0.1, 0.15) is 16.1 Å². The van der Waals surface area contributed by atoms with Gasteiger partial charge < -0.3 is 24.7 Å². The zero-order valence-corrected chi connectivity index (χ0v) is 20.9. The van der Waals surface area contributed by atoms with E-state index in [0.29, 0.717) is 23.3 Å². The Balaban J connectivity index is 1.41. The van der Waals surface area contributed by atoms with E-state index in [4.69, 9.17) is 14.5 Å². The van der Waals surface area contributed by atoms with Crippen molar-refractivity contribution >= 4 is 28.6 Å². The molecule has 0 atom stereocenters. The maximum Gasteiger partial charge on any atom is 0.269 e. The molecule has 0 fully saturated rings. The molecule has 0 spiro atoms. The second-order valence-corrected chi connectivity index (χ2v) is 8.44. The molecule has 0 bridgehead atoms. The Morgan fingerprint density at radius 3 is 2.57 bits per heavy atom. The van der Waals surface area contributed by atoms with E-state index in [1.165, 1.54) is 0 Å². The number of hydrogen-bond donors (Lipinski definition) is 2. The number of fused-ring (bicyclic) bond motifs is 1. The number of carbonyl (C=O) groups excluding carboxylic acids is 1. The van der Waals surface area contributed by atoms with Crippen molar-refractivity contribution in [1.82, 2.24) is 24.8 Å². The van der Waals surface area contributed by atoms with E-state index in [-0.39, 0.29) is 11.6 Å². The van der Waals surface area contributed by atoms with Crippen molar-refractivity contribution in [3.63, 3.8) is 0 Å². The lowest BCUT2D eigenvalue weighted by atomic mass is 10.0. The lowest BCUT2D eigenvalue weighted by Crippen LogP contribution is -2.18. The molecule has 9 nitrogen and oxygen atoms in total. The van der Waals surface area contributed by atoms with Gasteiger partial charge in [0, 0.05) is 50.4 Å². The highest BCUT2D eigenvalue weighted by Gasteiger charge is 2.12. The molecule has 0 unspecified atom stereocenters. The number of ether oxygens (including phenoxy) is 2. The van der Waals surface area contributed by atoms with Gasteiger partial charge in [-0.2, -0.15) is 0 Å². The minimum atomic E-state index is -0.274. The predicted molar refractivity (Wildman–Crippen MR) is 143 cm³/mol. The highest BCUT2D eigenvalue weighted by Crippen LogP contribution is 2.31. The van der Waals surface area contributed by atoms with Crippen LogP contribution < -0.4 is 20.1 Å². The largest absolute Gasteiger partial charge is 0.481 e. The van der Waals surface area contributed by atoms with Crippen LogP contribution in [0.2, 0.25) is 0 Å². The molecule has 3 aromatic heterocycles. The second-order valence-electron chi connectivity index (χ2n) is 8.44. The lowest BCUT2D eigenvalue weighted by Gasteiger charge is -2.12. The fraction of sp³-hybridized carbons (Fsp3) is 0.143. The van der Waals surface area contributed by atoms with E-state index < -0.39 is 0 Å². The molecular formula is C28H26N6O3. The van der Waals surface area contributed by atoms with Gasteiger partial charge in [0.1, 0.15) is 17.2 Å². The van der Waals surface area contributed by atoms with E-state index in [1.54, 1.807) is 38.7 Å². The molecule has 0 radical (unpaired) electrons. The first-order valence-electron chi connectivity index (χ1n) is 11.7. The van der Waals surface area contributed by atoms with Crippen LogP contribution >= 0.6 is 0 Å². The number of aromatic nitrogens is 4. The lowest BCUT2D eigenvalue weighted by molar-refractivity contribution is 0.0958. The summed E-state index contributed by atoms with van der Waals surface area (Å²) in [5, 5.41) is 6.00. The third-order valence-corrected chi connectivity index (χ3v) is 6.03. The molecular weight excluding hydrogens is 468 g/mol. The van der Waals surface area contributed by atoms with Gasteiger partial charge in [0.2, 0.25) is 11.8 Å². The Kier molecular flexibility index (Phi) is 6.42. The maximum absolute atomic E-state index is 11.9. The summed E-state index contributed by atoms with van der Waals surface area (Å²) in [5.74, 6) is 2.11. The summed E-state index contributed by atoms with van der Waals surface area (Å²) >= 11 is 0. The maximum atomic E-state index is 11.9. The van der Waals surface area contributed by atoms with Gasteiger partial charge in [-0.25, -0.2) is 9.97 Å². The Morgan fingerprint density at radius 1 is 0.946 bits per heavy atom. The molecule has 1 amide bonds. The summed E-state index contributed by atoms with van der Waals surface area (Å²) in [6, 6.07) is 19.1. The fourth-order valence-corrected chi connectivity index (χ4v) is 4.05. The number of imidazole rings is 1. The van der Waals surface area contributed by atoms with Gasteiger partial charge >= 0.3 is 0 Å². The first-order chi connectivity index (χ1) is 17.9. The van der Waals surface area contributed by atoms with Gasteiger partial charge in [-0.15, -0.1) is 0 Å². The van der Waals surface area contributed by atoms with Crippen molar-refractivity contribution < 1.29 is 14.3 Å². The highest BCUT2D eigenvalue weighted by atomic mass is 16.5. The molecule has 0 aliphatic heterocycles. The van der Waals surface area contributed by atoms with Crippen molar-refractivity contribution in [3.05, 3.63) is 84.3 Å². The van der Waals surface area contributed by atoms with Crippen LogP contribution in [-0.4, -0.2) is 39.6 Å². The third kappa shape index (κ3) is 4.92. The second kappa shape index (κ2) is 9.98. The number of anilines is 2. The molecule has 0 saturated heterocycles. The molecule has 5 rings (SSSR count). The summed E-state index contributed by atoms with van der Waals surface area (Å²) in [4.78, 5) is 24.9. The van der Waals surface area contributed by atoms with Crippen LogP contribution in [0.4, 0.5) is 11.6 Å². The topological polar surface area (TPSA) is 103 Å². The summed E-state index contributed by atoms with van der Waals surface area (Å²) in [6.45, 7) is 2.07. The first kappa shape index (κ1) is 23.8. The zero-order valence-electron chi connectivity index (χ0n) is 20.9. The molecule has 5 aromatic rings. The third-order valence-electron chi connectivity index (χ3n) is 6.03. The van der Waals surface area contributed by atoms with Crippen LogP contribution in [0, 0.1) is 6.92 Å². The van der Waals surface area contributed by atoms with Crippen LogP contribution in [0.25, 0.3) is 22.2 Å². The van der Waals surface area contributed by atoms with Crippen LogP contribution in [-0.2, 0) is 7.05 Å². The van der Waals surface area contributed by atoms with Crippen molar-refractivity contribution in [3.8, 4) is 28.5 Å². The number of methoxy groups -OCH3 is 1. The minimum absolute atomic E-state index is 0.274. The van der Waals surface area contributed by atoms with Gasteiger partial charge in [0.25, 0.3) is 5.91 Å². The fourth-order valence-electron chi connectivity index (χ4n) is 4.05. The van der Waals surface area contributed by atoms with Gasteiger partial charge in [-0.1, -0.05) is 6.07 Å². The van der Waals surface area contributed by atoms with Crippen molar-refractivity contribution in [2.24, 2.45) is 7.05 Å². The van der Waals surface area contributed by atoms with Gasteiger partial charge in [0.05, 0.1) is 18.1 Å². The molecule has 0 saturated carbocycles. The molecule has 3 heterocycles. The van der Waals surface area contributed by atoms with Crippen molar-refractivity contribution in [2.75, 3.05) is 19.5 Å². The quantitative estimate of drug-likeness (QED) is 0.319. The smallest absolute Gasteiger partial charge is 0.269 e. The summed E-state index contributed by atoms with van der Waals surface area (Å²) in [6.07, 6.45) is 3.28. The molecule has 0 aliphatic carbocycles. The van der Waals surface area contributed by atoms with E-state index in [0.717, 1.165) is 33.4 Å². The number of amides is 1. The number of rotatable bonds is 7. The molecule has 9 heteroatoms. The normalized spacial score (nSPS) is 10.8. The number of carbonyl (C=O) groups is 1. The number of nitrogens with one attached hydrogen (secondary N) is 2. The first-order valence-corrected chi connectivity index (χ1v) is 11.7. The Hall–Kier alpha value is -4.92. The minimum Gasteiger partial charge on any atom is -0.481 e. The number of benzene rings is 2. The van der Waals surface area contributed by atoms with Crippen LogP contribution in [0.5, 0.6) is 17.4 Å². The standard InChI is InChI=1S/C28H26N6O3/c1-17-5-6-19(14-22(17)18-9-11-31-26(13-18)36-4)32-28-33-23-15-20(7-8-25(23)34(28)3)37-21-10-12-30-24(16-21)27(35)29-2/h5-16H,1-4H3,(H,29,35)(H,32,33). The molecule has 2 aromatic carbocycles. The molecule has 186 valence electrons. The number of aryl methyl sites for hydroxylation is 2. The predicted octanol–water partition coefficient (Wildman–Crippen LogP) is 5.24. The van der Waals surface area contributed by atoms with Crippen LogP contribution in [0.15, 0.2) is 73.1 Å².